The maximum atomic E-state index is 9.30. The second kappa shape index (κ2) is 26.4. The Morgan fingerprint density at radius 2 is 0.790 bits per heavy atom. The van der Waals surface area contributed by atoms with Crippen molar-refractivity contribution in [3.05, 3.63) is 264 Å². The van der Waals surface area contributed by atoms with Crippen molar-refractivity contribution in [3.8, 4) is 56.3 Å². The van der Waals surface area contributed by atoms with E-state index in [1.54, 1.807) is 58.7 Å². The zero-order valence-corrected chi connectivity index (χ0v) is 65.5. The van der Waals surface area contributed by atoms with Gasteiger partial charge in [-0.1, -0.05) is 131 Å². The van der Waals surface area contributed by atoms with E-state index >= 15 is 0 Å². The zero-order chi connectivity index (χ0) is 86.8. The van der Waals surface area contributed by atoms with Crippen molar-refractivity contribution in [2.24, 2.45) is 52.0 Å². The Morgan fingerprint density at radius 1 is 0.362 bits per heavy atom. The van der Waals surface area contributed by atoms with Crippen LogP contribution in [0.5, 0.6) is 0 Å². The van der Waals surface area contributed by atoms with Crippen LogP contribution in [-0.4, -0.2) is 0 Å². The summed E-state index contributed by atoms with van der Waals surface area (Å²) in [6.07, 6.45) is 21.5. The summed E-state index contributed by atoms with van der Waals surface area (Å²) >= 11 is 0. The molecule has 8 unspecified atom stereocenters. The molecule has 5 saturated carbocycles. The number of benzene rings is 5. The van der Waals surface area contributed by atoms with Gasteiger partial charge in [-0.25, -0.2) is 22.8 Å². The van der Waals surface area contributed by atoms with Gasteiger partial charge >= 0.3 is 0 Å². The van der Waals surface area contributed by atoms with Crippen LogP contribution in [0.2, 0.25) is 0 Å². The average Bonchev–Trinajstić information content (AvgIpc) is 1.49. The normalized spacial score (nSPS) is 30.8. The molecule has 5 nitrogen and oxygen atoms in total. The van der Waals surface area contributed by atoms with Gasteiger partial charge in [0.05, 0.1) is 0 Å². The number of aromatic nitrogens is 5. The van der Waals surface area contributed by atoms with Crippen LogP contribution in [0.15, 0.2) is 158 Å². The lowest BCUT2D eigenvalue weighted by Crippen LogP contribution is -2.37. The maximum Gasteiger partial charge on any atom is 0.212 e. The van der Waals surface area contributed by atoms with Crippen LogP contribution in [-0.2, 0) is 52.4 Å². The largest absolute Gasteiger partial charge is 0.212 e. The highest BCUT2D eigenvalue weighted by Gasteiger charge is 2.62. The van der Waals surface area contributed by atoms with Crippen molar-refractivity contribution in [1.82, 2.24) is 0 Å². The van der Waals surface area contributed by atoms with Crippen molar-refractivity contribution in [3.63, 3.8) is 0 Å². The maximum absolute atomic E-state index is 9.30. The van der Waals surface area contributed by atoms with Gasteiger partial charge in [0, 0.05) is 117 Å². The number of pyridine rings is 5. The lowest BCUT2D eigenvalue weighted by molar-refractivity contribution is -0.661. The van der Waals surface area contributed by atoms with E-state index in [4.69, 9.17) is 19.2 Å². The van der Waals surface area contributed by atoms with E-state index in [1.807, 2.05) is 87.7 Å². The van der Waals surface area contributed by atoms with Gasteiger partial charge < -0.3 is 0 Å². The fourth-order valence-corrected chi connectivity index (χ4v) is 21.2. The number of nitrogens with zero attached hydrogens (tertiary/aromatic N) is 5. The number of aryl methyl sites for hydroxylation is 14. The van der Waals surface area contributed by atoms with Crippen LogP contribution in [0.4, 0.5) is 0 Å². The molecule has 0 radical (unpaired) electrons. The molecule has 0 spiro atoms. The van der Waals surface area contributed by atoms with Gasteiger partial charge in [0.15, 0.2) is 31.0 Å². The minimum absolute atomic E-state index is 0.0283. The monoisotopic (exact) mass is 1410 g/mol. The standard InChI is InChI=1S/C22H28N.C21H26N.3C19H22N/c1-14-7-8-16(15(2)11-14)20-12-17-18-9-10-22(5,21(18,3)4)19(17)13-23(20)6;1-14-8-6-7-9-15(14)19-12-16-17-10-11-21(4,20(17,2)3)18(16)13-22(19)5;2*1-12-4-7-16(13(2)8-12)19-10-17-14-5-6-15(9-14)18(17)11-20(19)3;1-12-4-5-17(13(2)6-12)19-10-18-15-7-14(8-15)9-16(18)11-20(19)3/h7-8,11-13,18H,9-10H2,1-6H3;6-9,12-13,17H,10-11H2,1-5H3;2*4,7-8,10-11,14-15H,5-6,9H2,1-3H3;4-6,10-11,14-15H,7-9H2,1-3H3/q5*+1/i1D3,18D;;1D3,14D,15D;;1D3,9D2,15D. The summed E-state index contributed by atoms with van der Waals surface area (Å²) in [6, 6.07) is 42.4. The number of rotatable bonds is 5. The molecule has 0 amide bonds. The van der Waals surface area contributed by atoms with Crippen molar-refractivity contribution >= 4 is 0 Å². The smallest absolute Gasteiger partial charge is 0.201 e. The van der Waals surface area contributed by atoms with E-state index in [9.17, 15) is 1.37 Å². The van der Waals surface area contributed by atoms with Crippen molar-refractivity contribution in [2.75, 3.05) is 0 Å². The number of hydrogen-bond donors (Lipinski definition) is 0. The Balaban J connectivity index is 0.000000112. The third kappa shape index (κ3) is 11.9. The highest BCUT2D eigenvalue weighted by molar-refractivity contribution is 5.68. The van der Waals surface area contributed by atoms with Crippen molar-refractivity contribution in [1.29, 1.82) is 0 Å². The van der Waals surface area contributed by atoms with E-state index in [1.165, 1.54) is 76.9 Å². The molecule has 11 aliphatic carbocycles. The summed E-state index contributed by atoms with van der Waals surface area (Å²) in [5.74, 6) is -0.196. The molecule has 5 aromatic heterocycles. The summed E-state index contributed by atoms with van der Waals surface area (Å²) in [5, 5.41) is 0. The topological polar surface area (TPSA) is 19.4 Å². The first-order valence-electron chi connectivity index (χ1n) is 46.5. The number of fused-ring (bicyclic) bond motifs is 20. The predicted molar refractivity (Wildman–Crippen MR) is 432 cm³/mol. The Morgan fingerprint density at radius 3 is 1.34 bits per heavy atom. The van der Waals surface area contributed by atoms with Gasteiger partial charge in [-0.2, -0.15) is 0 Å². The van der Waals surface area contributed by atoms with Gasteiger partial charge in [-0.15, -0.1) is 0 Å². The highest BCUT2D eigenvalue weighted by atomic mass is 15.0. The van der Waals surface area contributed by atoms with Crippen molar-refractivity contribution < 1.29 is 43.4 Å². The fraction of sp³-hybridized carbons (Fsp3) is 0.450. The van der Waals surface area contributed by atoms with Crippen LogP contribution in [0, 0.1) is 78.8 Å². The molecule has 540 valence electrons. The molecule has 5 heteroatoms. The second-order valence-electron chi connectivity index (χ2n) is 34.9. The van der Waals surface area contributed by atoms with E-state index in [2.05, 4.69) is 175 Å². The third-order valence-electron chi connectivity index (χ3n) is 28.1. The Labute approximate surface area is 652 Å². The van der Waals surface area contributed by atoms with Gasteiger partial charge in [-0.3, -0.25) is 0 Å². The molecule has 10 aromatic rings. The summed E-state index contributed by atoms with van der Waals surface area (Å²) < 4.78 is 131. The quantitative estimate of drug-likeness (QED) is 0.153. The fourth-order valence-electron chi connectivity index (χ4n) is 21.2. The lowest BCUT2D eigenvalue weighted by Gasteiger charge is -2.41. The molecular formula is C100H120N5+5. The van der Waals surface area contributed by atoms with Gasteiger partial charge in [0.1, 0.15) is 35.2 Å². The Bertz CT molecular complexity index is 5880. The number of hydrogen-bond acceptors (Lipinski definition) is 0. The van der Waals surface area contributed by atoms with Gasteiger partial charge in [0.2, 0.25) is 28.5 Å². The third-order valence-corrected chi connectivity index (χ3v) is 28.1. The van der Waals surface area contributed by atoms with Crippen LogP contribution in [0.3, 0.4) is 0 Å². The SMILES string of the molecule is Cc1ccc(-c2cc3c(c[n+]2C)C2CCC3C2)c(C)c1.Cc1ccccc1-c1cc2c(c[n+]1C)C1(C)CCC2C1(C)C.[2H]C([2H])([2H])c1ccc(-c2cc3c(c[n+]2C)C([2H])([2H])C2CC3([2H])C2)c(C)c1.[2H]C([2H])([2H])c1ccc(-c2cc3c(c[n+]2C)C2(C)CCC3([2H])C2(C)C)c(C)c1.[2H]C([2H])([2H])c1ccc(-c2cc3c(c[n+]2C)C2([2H])CCC3([2H])C2)c(C)c1. The summed E-state index contributed by atoms with van der Waals surface area (Å²) in [4.78, 5) is 0. The van der Waals surface area contributed by atoms with Crippen LogP contribution >= 0.6 is 0 Å². The molecule has 5 heterocycles. The molecule has 11 aliphatic rings. The van der Waals surface area contributed by atoms with E-state index in [0.717, 1.165) is 116 Å². The molecule has 0 N–H and O–H groups in total. The molecule has 5 fully saturated rings. The first kappa shape index (κ1) is 55.3. The minimum Gasteiger partial charge on any atom is -0.201 e. The Hall–Kier alpha value is -8.15. The van der Waals surface area contributed by atoms with Crippen molar-refractivity contribution in [2.45, 2.75) is 239 Å². The summed E-state index contributed by atoms with van der Waals surface area (Å²) in [5.41, 5.74) is 32.0. The zero-order valence-electron chi connectivity index (χ0n) is 80.5. The van der Waals surface area contributed by atoms with E-state index in [-0.39, 0.29) is 16.7 Å². The molecule has 21 rings (SSSR count). The highest BCUT2D eigenvalue weighted by Crippen LogP contribution is 2.69. The predicted octanol–water partition coefficient (Wildman–Crippen LogP) is 21.8. The molecule has 10 bridgehead atoms. The molecule has 5 aromatic carbocycles. The second-order valence-corrected chi connectivity index (χ2v) is 34.9. The van der Waals surface area contributed by atoms with Crippen LogP contribution in [0.25, 0.3) is 56.3 Å². The molecular weight excluding hydrogens is 1270 g/mol. The molecule has 105 heavy (non-hydrogen) atoms. The van der Waals surface area contributed by atoms with Crippen LogP contribution < -0.4 is 22.8 Å². The summed E-state index contributed by atoms with van der Waals surface area (Å²) in [6.45, 7) is 20.2. The van der Waals surface area contributed by atoms with Crippen LogP contribution in [0.1, 0.15) is 286 Å². The molecule has 0 saturated heterocycles. The van der Waals surface area contributed by atoms with Gasteiger partial charge in [0.25, 0.3) is 0 Å². The molecule has 8 atom stereocenters. The van der Waals surface area contributed by atoms with E-state index < -0.39 is 50.5 Å². The van der Waals surface area contributed by atoms with E-state index in [0.29, 0.717) is 52.3 Å². The minimum atomic E-state index is -2.14. The summed E-state index contributed by atoms with van der Waals surface area (Å²) in [7, 11) is 10.3. The first-order chi connectivity index (χ1) is 55.8. The first-order valence-corrected chi connectivity index (χ1v) is 39.0. The Kier molecular flexibility index (Phi) is 13.9. The van der Waals surface area contributed by atoms with Gasteiger partial charge in [-0.05, 0) is 290 Å². The molecule has 0 aliphatic heterocycles. The average molecular weight is 1410 g/mol. The lowest BCUT2D eigenvalue weighted by atomic mass is 9.63.